The van der Waals surface area contributed by atoms with Gasteiger partial charge in [0.15, 0.2) is 5.11 Å². The molecule has 128 valence electrons. The Hall–Kier alpha value is -3.07. The highest BCUT2D eigenvalue weighted by Crippen LogP contribution is 2.20. The number of aromatic nitrogens is 4. The van der Waals surface area contributed by atoms with Gasteiger partial charge in [-0.05, 0) is 43.8 Å². The van der Waals surface area contributed by atoms with Crippen molar-refractivity contribution in [3.63, 3.8) is 0 Å². The Morgan fingerprint density at radius 3 is 2.60 bits per heavy atom. The van der Waals surface area contributed by atoms with E-state index < -0.39 is 11.8 Å². The zero-order chi connectivity index (χ0) is 18.1. The molecule has 0 aromatic carbocycles. The molecule has 2 aromatic rings. The van der Waals surface area contributed by atoms with Crippen LogP contribution in [0.15, 0.2) is 36.9 Å². The number of aryl methyl sites for hydroxylation is 1. The first kappa shape index (κ1) is 16.8. The Bertz CT molecular complexity index is 909. The van der Waals surface area contributed by atoms with Crippen molar-refractivity contribution >= 4 is 35.2 Å². The van der Waals surface area contributed by atoms with E-state index in [0.29, 0.717) is 0 Å². The van der Waals surface area contributed by atoms with E-state index in [-0.39, 0.29) is 17.2 Å². The molecule has 1 saturated heterocycles. The quantitative estimate of drug-likeness (QED) is 0.379. The summed E-state index contributed by atoms with van der Waals surface area (Å²) in [6, 6.07) is 1.88. The van der Waals surface area contributed by atoms with Gasteiger partial charge in [-0.25, -0.2) is 4.68 Å². The zero-order valence-corrected chi connectivity index (χ0v) is 14.6. The average Bonchev–Trinajstić information content (AvgIpc) is 3.16. The molecule has 0 aliphatic carbocycles. The highest BCUT2D eigenvalue weighted by Gasteiger charge is 2.32. The average molecular weight is 356 g/mol. The standard InChI is InChI=1S/C16H16N6O2S/c1-4-5-21-15(24)13(14(23)19-16(21)25)7-12-6-10(2)22(11(12)3)20-8-17-18-9-20/h4,6-9H,1,5H2,2-3H3,(H,19,23,25). The predicted molar refractivity (Wildman–Crippen MR) is 95.4 cm³/mol. The second-order valence-electron chi connectivity index (χ2n) is 5.50. The summed E-state index contributed by atoms with van der Waals surface area (Å²) in [6.45, 7) is 7.64. The van der Waals surface area contributed by atoms with Gasteiger partial charge >= 0.3 is 0 Å². The fourth-order valence-electron chi connectivity index (χ4n) is 2.72. The Kier molecular flexibility index (Phi) is 4.32. The van der Waals surface area contributed by atoms with Gasteiger partial charge in [-0.2, -0.15) is 0 Å². The summed E-state index contributed by atoms with van der Waals surface area (Å²) in [5, 5.41) is 10.2. The van der Waals surface area contributed by atoms with Crippen LogP contribution >= 0.6 is 12.2 Å². The third-order valence-electron chi connectivity index (χ3n) is 3.87. The van der Waals surface area contributed by atoms with Gasteiger partial charge in [-0.1, -0.05) is 6.08 Å². The van der Waals surface area contributed by atoms with E-state index >= 15 is 0 Å². The molecule has 0 atom stereocenters. The second kappa shape index (κ2) is 6.44. The first-order valence-electron chi connectivity index (χ1n) is 7.48. The largest absolute Gasteiger partial charge is 0.298 e. The molecule has 0 radical (unpaired) electrons. The van der Waals surface area contributed by atoms with Gasteiger partial charge < -0.3 is 0 Å². The van der Waals surface area contributed by atoms with Gasteiger partial charge in [-0.3, -0.25) is 24.5 Å². The molecule has 8 nitrogen and oxygen atoms in total. The number of nitrogens with one attached hydrogen (secondary N) is 1. The van der Waals surface area contributed by atoms with Crippen molar-refractivity contribution in [2.45, 2.75) is 13.8 Å². The maximum Gasteiger partial charge on any atom is 0.265 e. The van der Waals surface area contributed by atoms with E-state index in [4.69, 9.17) is 12.2 Å². The summed E-state index contributed by atoms with van der Waals surface area (Å²) in [5.74, 6) is -0.952. The molecule has 3 rings (SSSR count). The number of rotatable bonds is 4. The lowest BCUT2D eigenvalue weighted by molar-refractivity contribution is -0.128. The normalized spacial score (nSPS) is 16.5. The van der Waals surface area contributed by atoms with Crippen LogP contribution in [-0.4, -0.2) is 47.9 Å². The Morgan fingerprint density at radius 1 is 1.28 bits per heavy atom. The number of hydrogen-bond acceptors (Lipinski definition) is 5. The van der Waals surface area contributed by atoms with Crippen LogP contribution in [-0.2, 0) is 9.59 Å². The van der Waals surface area contributed by atoms with Gasteiger partial charge in [0.05, 0.1) is 0 Å². The monoisotopic (exact) mass is 356 g/mol. The summed E-state index contributed by atoms with van der Waals surface area (Å²) in [6.07, 6.45) is 6.26. The Morgan fingerprint density at radius 2 is 1.96 bits per heavy atom. The number of carbonyl (C=O) groups is 2. The fraction of sp³-hybridized carbons (Fsp3) is 0.188. The molecule has 2 aromatic heterocycles. The summed E-state index contributed by atoms with van der Waals surface area (Å²) in [4.78, 5) is 26.1. The van der Waals surface area contributed by atoms with Crippen LogP contribution in [0, 0.1) is 13.8 Å². The lowest BCUT2D eigenvalue weighted by atomic mass is 10.1. The molecule has 1 N–H and O–H groups in total. The minimum Gasteiger partial charge on any atom is -0.298 e. The van der Waals surface area contributed by atoms with Crippen molar-refractivity contribution in [3.05, 3.63) is 53.9 Å². The molecule has 2 amide bonds. The summed E-state index contributed by atoms with van der Waals surface area (Å²) >= 11 is 5.05. The molecule has 0 unspecified atom stereocenters. The van der Waals surface area contributed by atoms with E-state index in [1.807, 2.05) is 24.6 Å². The summed E-state index contributed by atoms with van der Waals surface area (Å²) < 4.78 is 3.60. The van der Waals surface area contributed by atoms with E-state index in [1.165, 1.54) is 4.90 Å². The van der Waals surface area contributed by atoms with E-state index in [2.05, 4.69) is 22.1 Å². The molecule has 1 fully saturated rings. The molecule has 25 heavy (non-hydrogen) atoms. The Balaban J connectivity index is 2.04. The molecule has 1 aliphatic heterocycles. The minimum absolute atomic E-state index is 0.0273. The van der Waals surface area contributed by atoms with Crippen LogP contribution in [0.1, 0.15) is 17.0 Å². The molecule has 1 aliphatic rings. The molecule has 9 heteroatoms. The number of hydrogen-bond donors (Lipinski definition) is 1. The smallest absolute Gasteiger partial charge is 0.265 e. The number of amides is 2. The molecule has 0 bridgehead atoms. The van der Waals surface area contributed by atoms with Crippen molar-refractivity contribution in [1.29, 1.82) is 0 Å². The molecule has 0 saturated carbocycles. The van der Waals surface area contributed by atoms with Crippen molar-refractivity contribution in [1.82, 2.24) is 29.8 Å². The first-order valence-corrected chi connectivity index (χ1v) is 7.89. The van der Waals surface area contributed by atoms with Crippen molar-refractivity contribution in [2.24, 2.45) is 0 Å². The third-order valence-corrected chi connectivity index (χ3v) is 4.19. The van der Waals surface area contributed by atoms with Gasteiger partial charge in [0, 0.05) is 17.9 Å². The fourth-order valence-corrected chi connectivity index (χ4v) is 2.97. The van der Waals surface area contributed by atoms with Crippen LogP contribution in [0.25, 0.3) is 6.08 Å². The second-order valence-corrected chi connectivity index (χ2v) is 5.89. The van der Waals surface area contributed by atoms with E-state index in [0.717, 1.165) is 17.0 Å². The SMILES string of the molecule is C=CCN1C(=O)C(=Cc2cc(C)n(-n3cnnc3)c2C)C(=O)NC1=S. The number of carbonyl (C=O) groups excluding carboxylic acids is 2. The summed E-state index contributed by atoms with van der Waals surface area (Å²) in [5.41, 5.74) is 2.52. The molecule has 0 spiro atoms. The van der Waals surface area contributed by atoms with Gasteiger partial charge in [0.2, 0.25) is 0 Å². The lowest BCUT2D eigenvalue weighted by Crippen LogP contribution is -2.53. The summed E-state index contributed by atoms with van der Waals surface area (Å²) in [7, 11) is 0. The topological polar surface area (TPSA) is 85.1 Å². The van der Waals surface area contributed by atoms with Crippen molar-refractivity contribution in [3.8, 4) is 0 Å². The maximum atomic E-state index is 12.6. The predicted octanol–water partition coefficient (Wildman–Crippen LogP) is 0.821. The van der Waals surface area contributed by atoms with Crippen molar-refractivity contribution in [2.75, 3.05) is 6.54 Å². The van der Waals surface area contributed by atoms with E-state index in [1.54, 1.807) is 29.5 Å². The minimum atomic E-state index is -0.510. The maximum absolute atomic E-state index is 12.6. The number of thiocarbonyl (C=S) groups is 1. The van der Waals surface area contributed by atoms with Crippen LogP contribution < -0.4 is 5.32 Å². The van der Waals surface area contributed by atoms with Crippen molar-refractivity contribution < 1.29 is 9.59 Å². The van der Waals surface area contributed by atoms with Gasteiger partial charge in [0.25, 0.3) is 11.8 Å². The zero-order valence-electron chi connectivity index (χ0n) is 13.8. The number of nitrogens with zero attached hydrogens (tertiary/aromatic N) is 5. The highest BCUT2D eigenvalue weighted by molar-refractivity contribution is 7.80. The lowest BCUT2D eigenvalue weighted by Gasteiger charge is -2.27. The Labute approximate surface area is 149 Å². The van der Waals surface area contributed by atoms with Crippen LogP contribution in [0.2, 0.25) is 0 Å². The highest BCUT2D eigenvalue weighted by atomic mass is 32.1. The molecular weight excluding hydrogens is 340 g/mol. The van der Waals surface area contributed by atoms with Gasteiger partial charge in [-0.15, -0.1) is 16.8 Å². The molecular formula is C16H16N6O2S. The molecule has 3 heterocycles. The van der Waals surface area contributed by atoms with Crippen LogP contribution in [0.4, 0.5) is 0 Å². The van der Waals surface area contributed by atoms with Crippen LogP contribution in [0.5, 0.6) is 0 Å². The van der Waals surface area contributed by atoms with Crippen LogP contribution in [0.3, 0.4) is 0 Å². The van der Waals surface area contributed by atoms with Gasteiger partial charge in [0.1, 0.15) is 18.2 Å². The first-order chi connectivity index (χ1) is 11.9. The third kappa shape index (κ3) is 2.89. The van der Waals surface area contributed by atoms with E-state index in [9.17, 15) is 9.59 Å².